The van der Waals surface area contributed by atoms with E-state index in [2.05, 4.69) is 15.3 Å². The van der Waals surface area contributed by atoms with E-state index in [9.17, 15) is 9.59 Å². The zero-order valence-corrected chi connectivity index (χ0v) is 19.1. The molecule has 0 atom stereocenters. The van der Waals surface area contributed by atoms with Gasteiger partial charge in [-0.3, -0.25) is 4.79 Å². The van der Waals surface area contributed by atoms with Gasteiger partial charge in [0.2, 0.25) is 5.75 Å². The zero-order chi connectivity index (χ0) is 24.2. The normalized spacial score (nSPS) is 10.6. The molecular formula is C25H23N3O6. The largest absolute Gasteiger partial charge is 0.493 e. The lowest BCUT2D eigenvalue weighted by molar-refractivity contribution is 0.0600. The van der Waals surface area contributed by atoms with Gasteiger partial charge in [0.25, 0.3) is 5.91 Å². The third-order valence-electron chi connectivity index (χ3n) is 5.22. The highest BCUT2D eigenvalue weighted by molar-refractivity contribution is 6.06. The number of aromatic amines is 1. The number of carbonyl (C=O) groups excluding carboxylic acids is 2. The van der Waals surface area contributed by atoms with Crippen LogP contribution in [0.3, 0.4) is 0 Å². The number of methoxy groups -OCH3 is 4. The van der Waals surface area contributed by atoms with E-state index in [4.69, 9.17) is 18.9 Å². The number of aromatic nitrogens is 2. The summed E-state index contributed by atoms with van der Waals surface area (Å²) in [5.41, 5.74) is 3.38. The minimum Gasteiger partial charge on any atom is -0.493 e. The van der Waals surface area contributed by atoms with Gasteiger partial charge in [-0.2, -0.15) is 0 Å². The maximum atomic E-state index is 12.7. The summed E-state index contributed by atoms with van der Waals surface area (Å²) in [6.45, 7) is 0. The SMILES string of the molecule is COC(=O)c1cccc(C(=O)Nc2ccc3[nH]c(-c4cc(OC)c(OC)c(OC)c4)nc3c2)c1. The lowest BCUT2D eigenvalue weighted by Gasteiger charge is -2.13. The number of anilines is 1. The smallest absolute Gasteiger partial charge is 0.337 e. The van der Waals surface area contributed by atoms with Crippen LogP contribution in [-0.2, 0) is 4.74 Å². The summed E-state index contributed by atoms with van der Waals surface area (Å²) in [4.78, 5) is 32.4. The van der Waals surface area contributed by atoms with E-state index in [-0.39, 0.29) is 5.91 Å². The molecule has 0 aliphatic carbocycles. The standard InChI is InChI=1S/C25H23N3O6/c1-31-20-11-16(12-21(32-2)22(20)33-3)23-27-18-9-8-17(13-19(18)28-23)26-24(29)14-6-5-7-15(10-14)25(30)34-4/h5-13H,1-4H3,(H,26,29)(H,27,28). The summed E-state index contributed by atoms with van der Waals surface area (Å²) in [6.07, 6.45) is 0. The summed E-state index contributed by atoms with van der Waals surface area (Å²) >= 11 is 0. The van der Waals surface area contributed by atoms with E-state index in [1.54, 1.807) is 63.8 Å². The Labute approximate surface area is 195 Å². The Hall–Kier alpha value is -4.53. The minimum absolute atomic E-state index is 0.299. The number of hydrogen-bond donors (Lipinski definition) is 2. The van der Waals surface area contributed by atoms with Crippen LogP contribution >= 0.6 is 0 Å². The van der Waals surface area contributed by atoms with Crippen molar-refractivity contribution in [2.75, 3.05) is 33.8 Å². The lowest BCUT2D eigenvalue weighted by Crippen LogP contribution is -2.13. The minimum atomic E-state index is -0.507. The Balaban J connectivity index is 1.62. The van der Waals surface area contributed by atoms with Gasteiger partial charge in [0.05, 0.1) is 45.0 Å². The zero-order valence-electron chi connectivity index (χ0n) is 19.1. The molecule has 4 rings (SSSR count). The number of carbonyl (C=O) groups is 2. The van der Waals surface area contributed by atoms with Crippen molar-refractivity contribution < 1.29 is 28.5 Å². The van der Waals surface area contributed by atoms with E-state index >= 15 is 0 Å². The number of ether oxygens (including phenoxy) is 4. The lowest BCUT2D eigenvalue weighted by atomic mass is 10.1. The van der Waals surface area contributed by atoms with Crippen molar-refractivity contribution in [3.05, 3.63) is 65.7 Å². The second-order valence-electron chi connectivity index (χ2n) is 7.26. The van der Waals surface area contributed by atoms with Crippen molar-refractivity contribution in [3.8, 4) is 28.6 Å². The maximum Gasteiger partial charge on any atom is 0.337 e. The van der Waals surface area contributed by atoms with Gasteiger partial charge in [-0.15, -0.1) is 0 Å². The van der Waals surface area contributed by atoms with Gasteiger partial charge in [0, 0.05) is 16.8 Å². The van der Waals surface area contributed by atoms with Crippen molar-refractivity contribution in [1.29, 1.82) is 0 Å². The van der Waals surface area contributed by atoms with Crippen LogP contribution in [-0.4, -0.2) is 50.3 Å². The molecule has 9 heteroatoms. The van der Waals surface area contributed by atoms with E-state index in [0.29, 0.717) is 45.4 Å². The molecule has 1 heterocycles. The number of esters is 1. The van der Waals surface area contributed by atoms with Gasteiger partial charge in [-0.05, 0) is 48.5 Å². The van der Waals surface area contributed by atoms with Crippen molar-refractivity contribution in [2.45, 2.75) is 0 Å². The Kier molecular flexibility index (Phi) is 6.35. The molecule has 1 amide bonds. The Morgan fingerprint density at radius 2 is 1.56 bits per heavy atom. The molecule has 0 unspecified atom stereocenters. The molecule has 174 valence electrons. The highest BCUT2D eigenvalue weighted by Crippen LogP contribution is 2.41. The predicted molar refractivity (Wildman–Crippen MR) is 127 cm³/mol. The third-order valence-corrected chi connectivity index (χ3v) is 5.22. The third kappa shape index (κ3) is 4.36. The molecule has 3 aromatic carbocycles. The first-order chi connectivity index (χ1) is 16.5. The van der Waals surface area contributed by atoms with Crippen LogP contribution < -0.4 is 19.5 Å². The highest BCUT2D eigenvalue weighted by Gasteiger charge is 2.17. The van der Waals surface area contributed by atoms with Gasteiger partial charge in [-0.25, -0.2) is 9.78 Å². The quantitative estimate of drug-likeness (QED) is 0.395. The number of amides is 1. The Morgan fingerprint density at radius 1 is 0.853 bits per heavy atom. The predicted octanol–water partition coefficient (Wildman–Crippen LogP) is 4.29. The molecule has 34 heavy (non-hydrogen) atoms. The number of rotatable bonds is 7. The summed E-state index contributed by atoms with van der Waals surface area (Å²) in [7, 11) is 5.94. The van der Waals surface area contributed by atoms with Crippen LogP contribution in [0.5, 0.6) is 17.2 Å². The van der Waals surface area contributed by atoms with Crippen molar-refractivity contribution >= 4 is 28.6 Å². The second-order valence-corrected chi connectivity index (χ2v) is 7.26. The fourth-order valence-corrected chi connectivity index (χ4v) is 3.55. The molecule has 4 aromatic rings. The number of H-pyrrole nitrogens is 1. The van der Waals surface area contributed by atoms with Gasteiger partial charge in [0.15, 0.2) is 11.5 Å². The van der Waals surface area contributed by atoms with E-state index in [1.807, 2.05) is 6.07 Å². The molecule has 0 saturated carbocycles. The van der Waals surface area contributed by atoms with Gasteiger partial charge >= 0.3 is 5.97 Å². The molecule has 0 fully saturated rings. The van der Waals surface area contributed by atoms with E-state index in [0.717, 1.165) is 11.1 Å². The summed E-state index contributed by atoms with van der Waals surface area (Å²) in [5.74, 6) is 1.26. The van der Waals surface area contributed by atoms with Crippen molar-refractivity contribution in [3.63, 3.8) is 0 Å². The number of fused-ring (bicyclic) bond motifs is 1. The number of hydrogen-bond acceptors (Lipinski definition) is 7. The van der Waals surface area contributed by atoms with Gasteiger partial charge in [-0.1, -0.05) is 6.07 Å². The molecular weight excluding hydrogens is 438 g/mol. The summed E-state index contributed by atoms with van der Waals surface area (Å²) in [5, 5.41) is 2.83. The fourth-order valence-electron chi connectivity index (χ4n) is 3.55. The van der Waals surface area contributed by atoms with Crippen LogP contribution in [0.15, 0.2) is 54.6 Å². The Bertz CT molecular complexity index is 1350. The first-order valence-corrected chi connectivity index (χ1v) is 10.3. The molecule has 0 aliphatic rings. The van der Waals surface area contributed by atoms with Crippen LogP contribution in [0.2, 0.25) is 0 Å². The van der Waals surface area contributed by atoms with Gasteiger partial charge in [0.1, 0.15) is 5.82 Å². The second kappa shape index (κ2) is 9.53. The molecule has 0 spiro atoms. The highest BCUT2D eigenvalue weighted by atomic mass is 16.5. The first-order valence-electron chi connectivity index (χ1n) is 10.3. The monoisotopic (exact) mass is 461 g/mol. The molecule has 0 saturated heterocycles. The Morgan fingerprint density at radius 3 is 2.21 bits per heavy atom. The molecule has 0 aliphatic heterocycles. The summed E-state index contributed by atoms with van der Waals surface area (Å²) < 4.78 is 20.9. The number of nitrogens with one attached hydrogen (secondary N) is 2. The topological polar surface area (TPSA) is 112 Å². The molecule has 1 aromatic heterocycles. The van der Waals surface area contributed by atoms with E-state index in [1.165, 1.54) is 13.2 Å². The average molecular weight is 461 g/mol. The van der Waals surface area contributed by atoms with Crippen molar-refractivity contribution in [1.82, 2.24) is 9.97 Å². The van der Waals surface area contributed by atoms with Crippen molar-refractivity contribution in [2.24, 2.45) is 0 Å². The molecule has 9 nitrogen and oxygen atoms in total. The molecule has 2 N–H and O–H groups in total. The van der Waals surface area contributed by atoms with Crippen LogP contribution in [0.25, 0.3) is 22.4 Å². The maximum absolute atomic E-state index is 12.7. The van der Waals surface area contributed by atoms with E-state index < -0.39 is 5.97 Å². The number of benzene rings is 3. The fraction of sp³-hybridized carbons (Fsp3) is 0.160. The summed E-state index contributed by atoms with van der Waals surface area (Å²) in [6, 6.07) is 15.3. The van der Waals surface area contributed by atoms with Gasteiger partial charge < -0.3 is 29.2 Å². The molecule has 0 bridgehead atoms. The number of imidazole rings is 1. The average Bonchev–Trinajstić information content (AvgIpc) is 3.30. The van der Waals surface area contributed by atoms with Crippen LogP contribution in [0, 0.1) is 0 Å². The van der Waals surface area contributed by atoms with Crippen LogP contribution in [0.4, 0.5) is 5.69 Å². The first kappa shape index (κ1) is 22.7. The number of nitrogens with zero attached hydrogens (tertiary/aromatic N) is 1. The van der Waals surface area contributed by atoms with Crippen LogP contribution in [0.1, 0.15) is 20.7 Å². The molecule has 0 radical (unpaired) electrons.